The van der Waals surface area contributed by atoms with Crippen LogP contribution in [0.5, 0.6) is 0 Å². The van der Waals surface area contributed by atoms with Gasteiger partial charge in [-0.05, 0) is 30.7 Å². The topological polar surface area (TPSA) is 22.0 Å². The lowest BCUT2D eigenvalue weighted by Gasteiger charge is -2.18. The Morgan fingerprint density at radius 3 is 2.69 bits per heavy atom. The summed E-state index contributed by atoms with van der Waals surface area (Å²) < 4.78 is 2.14. The van der Waals surface area contributed by atoms with E-state index in [2.05, 4.69) is 25.3 Å². The van der Waals surface area contributed by atoms with Crippen molar-refractivity contribution in [2.24, 2.45) is 11.3 Å². The number of ketones is 1. The zero-order chi connectivity index (χ0) is 11.8. The Kier molecular flexibility index (Phi) is 2.92. The van der Waals surface area contributed by atoms with Crippen LogP contribution in [0.1, 0.15) is 50.4 Å². The first-order valence-corrected chi connectivity index (χ1v) is 6.16. The van der Waals surface area contributed by atoms with E-state index in [4.69, 9.17) is 0 Å². The highest BCUT2D eigenvalue weighted by molar-refractivity contribution is 5.99. The van der Waals surface area contributed by atoms with Gasteiger partial charge < -0.3 is 4.57 Å². The molecule has 1 aromatic heterocycles. The lowest BCUT2D eigenvalue weighted by atomic mass is 9.92. The first-order valence-electron chi connectivity index (χ1n) is 6.16. The number of aromatic nitrogens is 1. The monoisotopic (exact) mass is 219 g/mol. The second-order valence-electron chi connectivity index (χ2n) is 6.09. The number of carbonyl (C=O) groups is 1. The Morgan fingerprint density at radius 1 is 1.44 bits per heavy atom. The number of nitrogens with zero attached hydrogens (tertiary/aromatic N) is 1. The standard InChI is InChI=1S/C14H21NO/c1-14(2,3)7-9-15-8-6-12(10-15)13(16)11-4-5-11/h6,8,10-11H,4-5,7,9H2,1-3H3. The Bertz CT molecular complexity index is 380. The average molecular weight is 219 g/mol. The predicted molar refractivity (Wildman–Crippen MR) is 65.6 cm³/mol. The summed E-state index contributed by atoms with van der Waals surface area (Å²) in [5.41, 5.74) is 1.25. The fourth-order valence-corrected chi connectivity index (χ4v) is 1.77. The summed E-state index contributed by atoms with van der Waals surface area (Å²) in [6.07, 6.45) is 7.35. The normalized spacial score (nSPS) is 16.4. The number of hydrogen-bond acceptors (Lipinski definition) is 1. The van der Waals surface area contributed by atoms with E-state index < -0.39 is 0 Å². The van der Waals surface area contributed by atoms with Crippen LogP contribution < -0.4 is 0 Å². The van der Waals surface area contributed by atoms with Gasteiger partial charge in [-0.1, -0.05) is 20.8 Å². The zero-order valence-corrected chi connectivity index (χ0v) is 10.5. The molecular formula is C14H21NO. The molecular weight excluding hydrogens is 198 g/mol. The molecule has 2 nitrogen and oxygen atoms in total. The molecule has 0 radical (unpaired) electrons. The fourth-order valence-electron chi connectivity index (χ4n) is 1.77. The van der Waals surface area contributed by atoms with E-state index in [0.717, 1.165) is 31.4 Å². The Morgan fingerprint density at radius 2 is 2.12 bits per heavy atom. The molecule has 0 N–H and O–H groups in total. The number of rotatable bonds is 4. The van der Waals surface area contributed by atoms with Crippen LogP contribution in [-0.2, 0) is 6.54 Å². The molecule has 1 aliphatic rings. The molecule has 16 heavy (non-hydrogen) atoms. The Balaban J connectivity index is 1.94. The minimum atomic E-state index is 0.332. The van der Waals surface area contributed by atoms with Crippen LogP contribution in [0.3, 0.4) is 0 Å². The van der Waals surface area contributed by atoms with Gasteiger partial charge >= 0.3 is 0 Å². The van der Waals surface area contributed by atoms with Gasteiger partial charge in [-0.3, -0.25) is 4.79 Å². The highest BCUT2D eigenvalue weighted by Crippen LogP contribution is 2.32. The van der Waals surface area contributed by atoms with Gasteiger partial charge in [0.05, 0.1) is 0 Å². The van der Waals surface area contributed by atoms with E-state index in [1.54, 1.807) is 0 Å². The Hall–Kier alpha value is -1.05. The van der Waals surface area contributed by atoms with E-state index in [1.807, 2.05) is 18.5 Å². The summed E-state index contributed by atoms with van der Waals surface area (Å²) in [5.74, 6) is 0.674. The SMILES string of the molecule is CC(C)(C)CCn1ccc(C(=O)C2CC2)c1. The molecule has 0 atom stereocenters. The summed E-state index contributed by atoms with van der Waals surface area (Å²) in [6.45, 7) is 7.73. The number of hydrogen-bond donors (Lipinski definition) is 0. The van der Waals surface area contributed by atoms with Crippen LogP contribution >= 0.6 is 0 Å². The van der Waals surface area contributed by atoms with Gasteiger partial charge in [0.25, 0.3) is 0 Å². The maximum Gasteiger partial charge on any atom is 0.167 e. The highest BCUT2D eigenvalue weighted by atomic mass is 16.1. The van der Waals surface area contributed by atoms with Crippen molar-refractivity contribution in [3.63, 3.8) is 0 Å². The lowest BCUT2D eigenvalue weighted by molar-refractivity contribution is 0.0967. The molecule has 0 saturated heterocycles. The molecule has 1 saturated carbocycles. The fraction of sp³-hybridized carbons (Fsp3) is 0.643. The molecule has 0 aromatic carbocycles. The van der Waals surface area contributed by atoms with E-state index >= 15 is 0 Å². The number of carbonyl (C=O) groups excluding carboxylic acids is 1. The van der Waals surface area contributed by atoms with Gasteiger partial charge in [0.15, 0.2) is 5.78 Å². The summed E-state index contributed by atoms with van der Waals surface area (Å²) >= 11 is 0. The van der Waals surface area contributed by atoms with Crippen LogP contribution in [0, 0.1) is 11.3 Å². The molecule has 1 heterocycles. The van der Waals surface area contributed by atoms with Crippen LogP contribution in [-0.4, -0.2) is 10.4 Å². The van der Waals surface area contributed by atoms with Crippen molar-refractivity contribution >= 4 is 5.78 Å². The van der Waals surface area contributed by atoms with Gasteiger partial charge in [-0.2, -0.15) is 0 Å². The molecule has 1 fully saturated rings. The highest BCUT2D eigenvalue weighted by Gasteiger charge is 2.30. The first-order chi connectivity index (χ1) is 7.46. The van der Waals surface area contributed by atoms with Crippen molar-refractivity contribution in [2.75, 3.05) is 0 Å². The third kappa shape index (κ3) is 2.97. The van der Waals surface area contributed by atoms with Crippen molar-refractivity contribution in [1.29, 1.82) is 0 Å². The van der Waals surface area contributed by atoms with Gasteiger partial charge in [-0.15, -0.1) is 0 Å². The summed E-state index contributed by atoms with van der Waals surface area (Å²) in [7, 11) is 0. The second kappa shape index (κ2) is 4.08. The molecule has 2 heteroatoms. The quantitative estimate of drug-likeness (QED) is 0.710. The maximum absolute atomic E-state index is 11.8. The third-order valence-corrected chi connectivity index (χ3v) is 3.10. The number of aryl methyl sites for hydroxylation is 1. The smallest absolute Gasteiger partial charge is 0.167 e. The minimum absolute atomic E-state index is 0.332. The summed E-state index contributed by atoms with van der Waals surface area (Å²) in [5, 5.41) is 0. The van der Waals surface area contributed by atoms with Gasteiger partial charge in [0.2, 0.25) is 0 Å². The van der Waals surface area contributed by atoms with Crippen molar-refractivity contribution < 1.29 is 4.79 Å². The number of Topliss-reactive ketones (excluding diaryl/α,β-unsaturated/α-hetero) is 1. The van der Waals surface area contributed by atoms with E-state index in [0.29, 0.717) is 17.1 Å². The lowest BCUT2D eigenvalue weighted by Crippen LogP contribution is -2.09. The largest absolute Gasteiger partial charge is 0.353 e. The van der Waals surface area contributed by atoms with Crippen LogP contribution in [0.4, 0.5) is 0 Å². The van der Waals surface area contributed by atoms with Gasteiger partial charge in [0.1, 0.15) is 0 Å². The molecule has 0 spiro atoms. The van der Waals surface area contributed by atoms with E-state index in [-0.39, 0.29) is 0 Å². The van der Waals surface area contributed by atoms with Crippen molar-refractivity contribution in [3.05, 3.63) is 24.0 Å². The van der Waals surface area contributed by atoms with Crippen molar-refractivity contribution in [1.82, 2.24) is 4.57 Å². The zero-order valence-electron chi connectivity index (χ0n) is 10.5. The van der Waals surface area contributed by atoms with Crippen LogP contribution in [0.25, 0.3) is 0 Å². The molecule has 0 unspecified atom stereocenters. The van der Waals surface area contributed by atoms with E-state index in [9.17, 15) is 4.79 Å². The van der Waals surface area contributed by atoms with Crippen LogP contribution in [0.15, 0.2) is 18.5 Å². The molecule has 88 valence electrons. The summed E-state index contributed by atoms with van der Waals surface area (Å²) in [4.78, 5) is 11.8. The molecule has 0 aliphatic heterocycles. The maximum atomic E-state index is 11.8. The molecule has 0 bridgehead atoms. The summed E-state index contributed by atoms with van der Waals surface area (Å²) in [6, 6.07) is 1.96. The molecule has 1 aliphatic carbocycles. The minimum Gasteiger partial charge on any atom is -0.353 e. The van der Waals surface area contributed by atoms with Crippen molar-refractivity contribution in [3.8, 4) is 0 Å². The first kappa shape index (κ1) is 11.4. The third-order valence-electron chi connectivity index (χ3n) is 3.10. The van der Waals surface area contributed by atoms with E-state index in [1.165, 1.54) is 0 Å². The molecule has 0 amide bonds. The second-order valence-corrected chi connectivity index (χ2v) is 6.09. The van der Waals surface area contributed by atoms with Gasteiger partial charge in [0, 0.05) is 30.4 Å². The molecule has 1 aromatic rings. The molecule has 2 rings (SSSR count). The predicted octanol–water partition coefficient (Wildman–Crippen LogP) is 3.52. The van der Waals surface area contributed by atoms with Gasteiger partial charge in [-0.25, -0.2) is 0 Å². The van der Waals surface area contributed by atoms with Crippen LogP contribution in [0.2, 0.25) is 0 Å². The average Bonchev–Trinajstić information content (AvgIpc) is 2.92. The van der Waals surface area contributed by atoms with Crippen molar-refractivity contribution in [2.45, 2.75) is 46.6 Å². The Labute approximate surface area is 97.7 Å².